The first kappa shape index (κ1) is 19.2. The molecular weight excluding hydrogens is 368 g/mol. The van der Waals surface area contributed by atoms with E-state index in [1.807, 2.05) is 28.8 Å². The lowest BCUT2D eigenvalue weighted by Gasteiger charge is -2.32. The smallest absolute Gasteiger partial charge is 0.230 e. The van der Waals surface area contributed by atoms with Crippen molar-refractivity contribution in [2.45, 2.75) is 46.1 Å². The predicted octanol–water partition coefficient (Wildman–Crippen LogP) is 2.50. The molecule has 0 aromatic carbocycles. The van der Waals surface area contributed by atoms with Crippen LogP contribution in [-0.4, -0.2) is 49.6 Å². The zero-order valence-electron chi connectivity index (χ0n) is 17.1. The van der Waals surface area contributed by atoms with E-state index in [-0.39, 0.29) is 11.9 Å². The van der Waals surface area contributed by atoms with Gasteiger partial charge in [0, 0.05) is 44.0 Å². The third-order valence-corrected chi connectivity index (χ3v) is 5.06. The molecule has 1 fully saturated rings. The fourth-order valence-corrected chi connectivity index (χ4v) is 3.74. The lowest BCUT2D eigenvalue weighted by molar-refractivity contribution is -0.119. The molecule has 9 nitrogen and oxygen atoms in total. The summed E-state index contributed by atoms with van der Waals surface area (Å²) in [4.78, 5) is 22.9. The Morgan fingerprint density at radius 3 is 2.83 bits per heavy atom. The second kappa shape index (κ2) is 8.10. The Kier molecular flexibility index (Phi) is 5.37. The Balaban J connectivity index is 1.53. The number of H-pyrrole nitrogens is 1. The maximum atomic E-state index is 11.3. The molecule has 0 bridgehead atoms. The highest BCUT2D eigenvalue weighted by Crippen LogP contribution is 2.22. The third kappa shape index (κ3) is 4.49. The lowest BCUT2D eigenvalue weighted by atomic mass is 10.1. The summed E-state index contributed by atoms with van der Waals surface area (Å²) in [6, 6.07) is 6.17. The number of carbonyl (C=O) groups excluding carboxylic acids is 1. The number of anilines is 3. The molecule has 0 atom stereocenters. The van der Waals surface area contributed by atoms with Gasteiger partial charge >= 0.3 is 0 Å². The predicted molar refractivity (Wildman–Crippen MR) is 112 cm³/mol. The van der Waals surface area contributed by atoms with Gasteiger partial charge in [0.1, 0.15) is 5.65 Å². The van der Waals surface area contributed by atoms with Crippen LogP contribution >= 0.6 is 0 Å². The number of amides is 1. The van der Waals surface area contributed by atoms with Crippen LogP contribution in [0.5, 0.6) is 0 Å². The van der Waals surface area contributed by atoms with Crippen LogP contribution in [0.2, 0.25) is 0 Å². The van der Waals surface area contributed by atoms with Gasteiger partial charge < -0.3 is 15.5 Å². The highest BCUT2D eigenvalue weighted by molar-refractivity contribution is 5.73. The third-order valence-electron chi connectivity index (χ3n) is 5.06. The maximum Gasteiger partial charge on any atom is 0.230 e. The Morgan fingerprint density at radius 2 is 2.10 bits per heavy atom. The van der Waals surface area contributed by atoms with E-state index in [2.05, 4.69) is 39.6 Å². The van der Waals surface area contributed by atoms with Crippen LogP contribution in [0.15, 0.2) is 24.4 Å². The quantitative estimate of drug-likeness (QED) is 0.592. The Hall–Kier alpha value is -3.10. The van der Waals surface area contributed by atoms with E-state index >= 15 is 0 Å². The molecule has 1 saturated heterocycles. The normalized spacial score (nSPS) is 15.2. The molecule has 0 unspecified atom stereocenters. The summed E-state index contributed by atoms with van der Waals surface area (Å²) in [5.41, 5.74) is 1.93. The van der Waals surface area contributed by atoms with Crippen LogP contribution in [-0.2, 0) is 11.2 Å². The largest absolute Gasteiger partial charge is 0.353 e. The van der Waals surface area contributed by atoms with E-state index in [1.54, 1.807) is 6.92 Å². The van der Waals surface area contributed by atoms with Gasteiger partial charge in [-0.25, -0.2) is 0 Å². The van der Waals surface area contributed by atoms with Gasteiger partial charge in [-0.15, -0.1) is 0 Å². The maximum absolute atomic E-state index is 11.3. The number of fused-ring (bicyclic) bond motifs is 1. The highest BCUT2D eigenvalue weighted by Gasteiger charge is 2.22. The molecule has 29 heavy (non-hydrogen) atoms. The van der Waals surface area contributed by atoms with E-state index in [1.165, 1.54) is 0 Å². The number of carbonyl (C=O) groups is 1. The fraction of sp³-hybridized carbons (Fsp3) is 0.500. The number of nitrogens with zero attached hydrogens (tertiary/aromatic N) is 5. The number of aromatic nitrogens is 5. The van der Waals surface area contributed by atoms with Gasteiger partial charge in [-0.05, 0) is 37.3 Å². The Labute approximate surface area is 169 Å². The van der Waals surface area contributed by atoms with Crippen molar-refractivity contribution in [1.82, 2.24) is 29.9 Å². The van der Waals surface area contributed by atoms with Crippen molar-refractivity contribution in [3.63, 3.8) is 0 Å². The molecule has 9 heteroatoms. The SMILES string of the molecule is CC(=O)NC1CCN(c2nc(Nc3cc(CC(C)C)[nH]n3)n3cccc3n2)CC1. The van der Waals surface area contributed by atoms with Crippen molar-refractivity contribution in [2.24, 2.45) is 5.92 Å². The summed E-state index contributed by atoms with van der Waals surface area (Å²) < 4.78 is 1.92. The molecule has 3 aromatic rings. The number of hydrogen-bond donors (Lipinski definition) is 3. The number of piperidine rings is 1. The van der Waals surface area contributed by atoms with Crippen LogP contribution in [0, 0.1) is 5.92 Å². The van der Waals surface area contributed by atoms with Gasteiger partial charge in [0.15, 0.2) is 5.82 Å². The molecule has 0 radical (unpaired) electrons. The van der Waals surface area contributed by atoms with Gasteiger partial charge in [-0.1, -0.05) is 13.8 Å². The Bertz CT molecular complexity index is 983. The van der Waals surface area contributed by atoms with E-state index in [4.69, 9.17) is 9.97 Å². The van der Waals surface area contributed by atoms with Crippen molar-refractivity contribution in [3.05, 3.63) is 30.1 Å². The summed E-state index contributed by atoms with van der Waals surface area (Å²) in [5, 5.41) is 13.8. The van der Waals surface area contributed by atoms with Gasteiger partial charge in [-0.3, -0.25) is 14.3 Å². The number of nitrogens with one attached hydrogen (secondary N) is 3. The minimum atomic E-state index is 0.0247. The lowest BCUT2D eigenvalue weighted by Crippen LogP contribution is -2.44. The summed E-state index contributed by atoms with van der Waals surface area (Å²) in [5.74, 6) is 2.70. The molecule has 4 rings (SSSR count). The first-order valence-corrected chi connectivity index (χ1v) is 10.2. The molecule has 1 aliphatic rings. The van der Waals surface area contributed by atoms with Crippen LogP contribution < -0.4 is 15.5 Å². The molecule has 1 amide bonds. The number of aromatic amines is 1. The first-order chi connectivity index (χ1) is 14.0. The van der Waals surface area contributed by atoms with Crippen LogP contribution in [0.1, 0.15) is 39.3 Å². The average molecular weight is 396 g/mol. The highest BCUT2D eigenvalue weighted by atomic mass is 16.1. The molecular formula is C20H28N8O. The average Bonchev–Trinajstić information content (AvgIpc) is 3.30. The monoisotopic (exact) mass is 396 g/mol. The van der Waals surface area contributed by atoms with Crippen molar-refractivity contribution >= 4 is 29.3 Å². The second-order valence-electron chi connectivity index (χ2n) is 8.05. The van der Waals surface area contributed by atoms with Crippen molar-refractivity contribution in [1.29, 1.82) is 0 Å². The zero-order valence-corrected chi connectivity index (χ0v) is 17.1. The summed E-state index contributed by atoms with van der Waals surface area (Å²) >= 11 is 0. The van der Waals surface area contributed by atoms with Crippen molar-refractivity contribution in [2.75, 3.05) is 23.3 Å². The molecule has 3 aromatic heterocycles. The van der Waals surface area contributed by atoms with Crippen LogP contribution in [0.3, 0.4) is 0 Å². The van der Waals surface area contributed by atoms with Gasteiger partial charge in [0.2, 0.25) is 17.8 Å². The summed E-state index contributed by atoms with van der Waals surface area (Å²) in [6.07, 6.45) is 4.66. The van der Waals surface area contributed by atoms with Crippen LogP contribution in [0.25, 0.3) is 5.65 Å². The molecule has 0 spiro atoms. The molecule has 154 valence electrons. The van der Waals surface area contributed by atoms with E-state index in [0.29, 0.717) is 17.8 Å². The Morgan fingerprint density at radius 1 is 1.31 bits per heavy atom. The van der Waals surface area contributed by atoms with Crippen molar-refractivity contribution < 1.29 is 4.79 Å². The molecule has 3 N–H and O–H groups in total. The van der Waals surface area contributed by atoms with Gasteiger partial charge in [0.25, 0.3) is 0 Å². The standard InChI is InChI=1S/C20H28N8O/c1-13(2)11-16-12-17(26-25-16)22-20-24-19(23-18-5-4-8-28(18)20)27-9-6-15(7-10-27)21-14(3)29/h4-5,8,12-13,15H,6-7,9-11H2,1-3H3,(H,21,29)(H2,22,23,24,25,26). The van der Waals surface area contributed by atoms with E-state index < -0.39 is 0 Å². The molecule has 4 heterocycles. The number of rotatable bonds is 6. The molecule has 0 aliphatic carbocycles. The first-order valence-electron chi connectivity index (χ1n) is 10.2. The molecule has 0 saturated carbocycles. The molecule has 1 aliphatic heterocycles. The van der Waals surface area contributed by atoms with Crippen molar-refractivity contribution in [3.8, 4) is 0 Å². The van der Waals surface area contributed by atoms with Crippen LogP contribution in [0.4, 0.5) is 17.7 Å². The van der Waals surface area contributed by atoms with E-state index in [9.17, 15) is 4.79 Å². The minimum absolute atomic E-state index is 0.0247. The minimum Gasteiger partial charge on any atom is -0.353 e. The summed E-state index contributed by atoms with van der Waals surface area (Å²) in [7, 11) is 0. The zero-order chi connectivity index (χ0) is 20.4. The van der Waals surface area contributed by atoms with Gasteiger partial charge in [-0.2, -0.15) is 15.1 Å². The fourth-order valence-electron chi connectivity index (χ4n) is 3.74. The number of hydrogen-bond acceptors (Lipinski definition) is 6. The summed E-state index contributed by atoms with van der Waals surface area (Å²) in [6.45, 7) is 7.55. The topological polar surface area (TPSA) is 103 Å². The van der Waals surface area contributed by atoms with Gasteiger partial charge in [0.05, 0.1) is 0 Å². The second-order valence-corrected chi connectivity index (χ2v) is 8.05. The van der Waals surface area contributed by atoms with E-state index in [0.717, 1.165) is 49.5 Å².